The second-order valence-electron chi connectivity index (χ2n) is 1.86. The number of nitrogens with zero attached hydrogens (tertiary/aromatic N) is 1. The summed E-state index contributed by atoms with van der Waals surface area (Å²) in [5.41, 5.74) is 0.948. The Morgan fingerprint density at radius 3 is 2.50 bits per heavy atom. The van der Waals surface area contributed by atoms with Crippen LogP contribution in [-0.2, 0) is 9.57 Å². The summed E-state index contributed by atoms with van der Waals surface area (Å²) < 4.78 is 4.88. The molecule has 0 rings (SSSR count). The smallest absolute Gasteiger partial charge is 0.114 e. The normalized spacial score (nSPS) is 11.7. The SMILES string of the molecule is CCO/N=C(\CC)COC. The van der Waals surface area contributed by atoms with Gasteiger partial charge in [-0.2, -0.15) is 0 Å². The topological polar surface area (TPSA) is 30.8 Å². The molecule has 3 heteroatoms. The van der Waals surface area contributed by atoms with Crippen LogP contribution in [0.5, 0.6) is 0 Å². The van der Waals surface area contributed by atoms with E-state index in [-0.39, 0.29) is 0 Å². The molecule has 0 saturated carbocycles. The fourth-order valence-corrected chi connectivity index (χ4v) is 0.515. The van der Waals surface area contributed by atoms with Crippen molar-refractivity contribution in [2.45, 2.75) is 20.3 Å². The van der Waals surface area contributed by atoms with E-state index in [0.717, 1.165) is 12.1 Å². The van der Waals surface area contributed by atoms with Crippen LogP contribution < -0.4 is 0 Å². The van der Waals surface area contributed by atoms with Crippen molar-refractivity contribution in [2.24, 2.45) is 5.16 Å². The summed E-state index contributed by atoms with van der Waals surface area (Å²) in [5.74, 6) is 0. The maximum absolute atomic E-state index is 4.88. The van der Waals surface area contributed by atoms with Gasteiger partial charge in [0, 0.05) is 7.11 Å². The first-order valence-corrected chi connectivity index (χ1v) is 3.51. The van der Waals surface area contributed by atoms with Gasteiger partial charge in [-0.25, -0.2) is 0 Å². The van der Waals surface area contributed by atoms with E-state index in [0.29, 0.717) is 13.2 Å². The first-order valence-electron chi connectivity index (χ1n) is 3.51. The Hall–Kier alpha value is -0.570. The van der Waals surface area contributed by atoms with Gasteiger partial charge in [0.05, 0.1) is 12.3 Å². The molecule has 0 aromatic carbocycles. The van der Waals surface area contributed by atoms with Crippen molar-refractivity contribution in [1.29, 1.82) is 0 Å². The van der Waals surface area contributed by atoms with Crippen LogP contribution in [0.2, 0.25) is 0 Å². The first-order chi connectivity index (χ1) is 4.85. The predicted octanol–water partition coefficient (Wildman–Crippen LogP) is 1.44. The van der Waals surface area contributed by atoms with E-state index in [9.17, 15) is 0 Å². The molecule has 0 spiro atoms. The van der Waals surface area contributed by atoms with Gasteiger partial charge in [-0.05, 0) is 13.3 Å². The quantitative estimate of drug-likeness (QED) is 0.433. The number of ether oxygens (including phenoxy) is 1. The van der Waals surface area contributed by atoms with Crippen LogP contribution in [0, 0.1) is 0 Å². The fraction of sp³-hybridized carbons (Fsp3) is 0.857. The van der Waals surface area contributed by atoms with Gasteiger partial charge in [0.25, 0.3) is 0 Å². The third kappa shape index (κ3) is 4.32. The van der Waals surface area contributed by atoms with Crippen molar-refractivity contribution in [1.82, 2.24) is 0 Å². The Kier molecular flexibility index (Phi) is 6.18. The molecule has 0 N–H and O–H groups in total. The van der Waals surface area contributed by atoms with Crippen molar-refractivity contribution in [3.8, 4) is 0 Å². The van der Waals surface area contributed by atoms with Crippen molar-refractivity contribution in [3.63, 3.8) is 0 Å². The maximum atomic E-state index is 4.88. The minimum absolute atomic E-state index is 0.566. The third-order valence-corrected chi connectivity index (χ3v) is 1.04. The summed E-state index contributed by atoms with van der Waals surface area (Å²) in [7, 11) is 1.65. The van der Waals surface area contributed by atoms with Gasteiger partial charge in [0.1, 0.15) is 6.61 Å². The van der Waals surface area contributed by atoms with Crippen molar-refractivity contribution >= 4 is 5.71 Å². The van der Waals surface area contributed by atoms with Gasteiger partial charge in [0.2, 0.25) is 0 Å². The molecule has 0 aromatic rings. The summed E-state index contributed by atoms with van der Waals surface area (Å²) in [6, 6.07) is 0. The average molecular weight is 145 g/mol. The molecule has 0 amide bonds. The average Bonchev–Trinajstić information content (AvgIpc) is 1.98. The number of rotatable bonds is 5. The lowest BCUT2D eigenvalue weighted by Gasteiger charge is -2.00. The summed E-state index contributed by atoms with van der Waals surface area (Å²) in [6.07, 6.45) is 0.883. The van der Waals surface area contributed by atoms with E-state index in [1.165, 1.54) is 0 Å². The van der Waals surface area contributed by atoms with Crippen LogP contribution in [0.25, 0.3) is 0 Å². The Bertz CT molecular complexity index is 102. The number of methoxy groups -OCH3 is 1. The van der Waals surface area contributed by atoms with E-state index >= 15 is 0 Å². The molecule has 0 aliphatic rings. The second-order valence-corrected chi connectivity index (χ2v) is 1.86. The van der Waals surface area contributed by atoms with E-state index in [1.807, 2.05) is 13.8 Å². The Balaban J connectivity index is 3.55. The number of hydrogen-bond acceptors (Lipinski definition) is 3. The van der Waals surface area contributed by atoms with E-state index in [2.05, 4.69) is 5.16 Å². The highest BCUT2D eigenvalue weighted by Crippen LogP contribution is 1.88. The highest BCUT2D eigenvalue weighted by atomic mass is 16.6. The fourth-order valence-electron chi connectivity index (χ4n) is 0.515. The molecule has 0 saturated heterocycles. The van der Waals surface area contributed by atoms with Gasteiger partial charge >= 0.3 is 0 Å². The lowest BCUT2D eigenvalue weighted by Crippen LogP contribution is -2.05. The van der Waals surface area contributed by atoms with Gasteiger partial charge < -0.3 is 9.57 Å². The van der Waals surface area contributed by atoms with Crippen LogP contribution in [0.15, 0.2) is 5.16 Å². The lowest BCUT2D eigenvalue weighted by atomic mass is 10.3. The third-order valence-electron chi connectivity index (χ3n) is 1.04. The molecular formula is C7H15NO2. The number of hydrogen-bond donors (Lipinski definition) is 0. The van der Waals surface area contributed by atoms with Crippen LogP contribution >= 0.6 is 0 Å². The van der Waals surface area contributed by atoms with E-state index in [1.54, 1.807) is 7.11 Å². The molecule has 0 radical (unpaired) electrons. The minimum Gasteiger partial charge on any atom is -0.396 e. The maximum Gasteiger partial charge on any atom is 0.114 e. The highest BCUT2D eigenvalue weighted by Gasteiger charge is 1.93. The first kappa shape index (κ1) is 9.43. The van der Waals surface area contributed by atoms with Gasteiger partial charge in [-0.3, -0.25) is 0 Å². The molecule has 0 bridgehead atoms. The minimum atomic E-state index is 0.566. The van der Waals surface area contributed by atoms with Crippen LogP contribution in [-0.4, -0.2) is 26.0 Å². The Morgan fingerprint density at radius 2 is 2.10 bits per heavy atom. The van der Waals surface area contributed by atoms with Crippen LogP contribution in [0.3, 0.4) is 0 Å². The van der Waals surface area contributed by atoms with E-state index < -0.39 is 0 Å². The van der Waals surface area contributed by atoms with Crippen LogP contribution in [0.4, 0.5) is 0 Å². The standard InChI is InChI=1S/C7H15NO2/c1-4-7(6-9-3)8-10-5-2/h4-6H2,1-3H3/b8-7+. The molecule has 60 valence electrons. The van der Waals surface area contributed by atoms with E-state index in [4.69, 9.17) is 9.57 Å². The van der Waals surface area contributed by atoms with Crippen molar-refractivity contribution < 1.29 is 9.57 Å². The predicted molar refractivity (Wildman–Crippen MR) is 41.2 cm³/mol. The summed E-state index contributed by atoms with van der Waals surface area (Å²) in [4.78, 5) is 4.85. The summed E-state index contributed by atoms with van der Waals surface area (Å²) in [5, 5.41) is 3.84. The zero-order valence-corrected chi connectivity index (χ0v) is 6.89. The molecule has 0 aromatic heterocycles. The largest absolute Gasteiger partial charge is 0.396 e. The zero-order valence-electron chi connectivity index (χ0n) is 6.89. The zero-order chi connectivity index (χ0) is 7.82. The Morgan fingerprint density at radius 1 is 1.40 bits per heavy atom. The molecule has 0 fully saturated rings. The van der Waals surface area contributed by atoms with Gasteiger partial charge in [0.15, 0.2) is 0 Å². The summed E-state index contributed by atoms with van der Waals surface area (Å²) >= 11 is 0. The molecule has 0 aliphatic heterocycles. The molecule has 0 unspecified atom stereocenters. The Labute approximate surface area is 62.0 Å². The molecule has 3 nitrogen and oxygen atoms in total. The molecule has 0 heterocycles. The monoisotopic (exact) mass is 145 g/mol. The molecule has 0 atom stereocenters. The lowest BCUT2D eigenvalue weighted by molar-refractivity contribution is 0.152. The molecular weight excluding hydrogens is 130 g/mol. The highest BCUT2D eigenvalue weighted by molar-refractivity contribution is 5.84. The van der Waals surface area contributed by atoms with Gasteiger partial charge in [-0.15, -0.1) is 0 Å². The number of oxime groups is 1. The van der Waals surface area contributed by atoms with Gasteiger partial charge in [-0.1, -0.05) is 12.1 Å². The molecule has 10 heavy (non-hydrogen) atoms. The van der Waals surface area contributed by atoms with Crippen LogP contribution in [0.1, 0.15) is 20.3 Å². The van der Waals surface area contributed by atoms with Crippen molar-refractivity contribution in [3.05, 3.63) is 0 Å². The van der Waals surface area contributed by atoms with Crippen molar-refractivity contribution in [2.75, 3.05) is 20.3 Å². The second kappa shape index (κ2) is 6.55. The summed E-state index contributed by atoms with van der Waals surface area (Å²) in [6.45, 7) is 5.12. The molecule has 0 aliphatic carbocycles.